The molecule has 1 atom stereocenters. The fourth-order valence-electron chi connectivity index (χ4n) is 1.23. The third kappa shape index (κ3) is 3.11. The first-order valence-corrected chi connectivity index (χ1v) is 4.69. The number of hydrogen-bond acceptors (Lipinski definition) is 1. The Kier molecular flexibility index (Phi) is 3.62. The predicted octanol–water partition coefficient (Wildman–Crippen LogP) is 3.11. The molecule has 0 aliphatic heterocycles. The van der Waals surface area contributed by atoms with Crippen molar-refractivity contribution in [3.8, 4) is 0 Å². The minimum Gasteiger partial charge on any atom is -0.383 e. The molecule has 1 rings (SSSR count). The molecule has 0 amide bonds. The molecule has 0 bridgehead atoms. The minimum absolute atomic E-state index is 0.248. The molecular weight excluding hydrogens is 229 g/mol. The Hall–Kier alpha value is -0.740. The number of halogens is 4. The van der Waals surface area contributed by atoms with Gasteiger partial charge in [0.2, 0.25) is 0 Å². The maximum absolute atomic E-state index is 12.1. The van der Waals surface area contributed by atoms with Crippen LogP contribution in [0.15, 0.2) is 18.2 Å². The monoisotopic (exact) mass is 238 g/mol. The van der Waals surface area contributed by atoms with Gasteiger partial charge < -0.3 is 5.11 Å². The Morgan fingerprint density at radius 2 is 2.00 bits per heavy atom. The number of aliphatic hydroxyl groups excluding tert-OH is 1. The van der Waals surface area contributed by atoms with Crippen LogP contribution in [0.1, 0.15) is 11.1 Å². The quantitative estimate of drug-likeness (QED) is 0.839. The molecule has 5 heteroatoms. The van der Waals surface area contributed by atoms with Crippen LogP contribution in [0.3, 0.4) is 0 Å². The van der Waals surface area contributed by atoms with Crippen molar-refractivity contribution in [3.63, 3.8) is 0 Å². The average molecular weight is 239 g/mol. The summed E-state index contributed by atoms with van der Waals surface area (Å²) in [7, 11) is 0. The Morgan fingerprint density at radius 3 is 2.47 bits per heavy atom. The van der Waals surface area contributed by atoms with Crippen LogP contribution in [-0.4, -0.2) is 17.4 Å². The van der Waals surface area contributed by atoms with Crippen LogP contribution >= 0.6 is 11.6 Å². The zero-order chi connectivity index (χ0) is 11.6. The lowest BCUT2D eigenvalue weighted by atomic mass is 10.0. The number of rotatable bonds is 2. The molecule has 0 saturated carbocycles. The zero-order valence-electron chi connectivity index (χ0n) is 7.98. The van der Waals surface area contributed by atoms with Crippen LogP contribution in [0, 0.1) is 6.92 Å². The Balaban J connectivity index is 2.90. The van der Waals surface area contributed by atoms with Gasteiger partial charge in [0.05, 0.1) is 0 Å². The molecule has 0 aliphatic rings. The van der Waals surface area contributed by atoms with Crippen molar-refractivity contribution in [2.45, 2.75) is 25.6 Å². The molecule has 0 heterocycles. The summed E-state index contributed by atoms with van der Waals surface area (Å²) in [6, 6.07) is 4.82. The molecule has 84 valence electrons. The van der Waals surface area contributed by atoms with Gasteiger partial charge in [0.1, 0.15) is 0 Å². The molecule has 1 aromatic carbocycles. The smallest absolute Gasteiger partial charge is 0.383 e. The van der Waals surface area contributed by atoms with E-state index in [0.29, 0.717) is 11.1 Å². The highest BCUT2D eigenvalue weighted by atomic mass is 35.5. The maximum atomic E-state index is 12.1. The molecule has 1 unspecified atom stereocenters. The lowest BCUT2D eigenvalue weighted by Crippen LogP contribution is -2.30. The van der Waals surface area contributed by atoms with Crippen molar-refractivity contribution >= 4 is 11.6 Å². The Labute approximate surface area is 90.5 Å². The van der Waals surface area contributed by atoms with Gasteiger partial charge in [-0.1, -0.05) is 23.7 Å². The second-order valence-electron chi connectivity index (χ2n) is 3.30. The first kappa shape index (κ1) is 12.3. The number of benzene rings is 1. The molecule has 0 saturated heterocycles. The average Bonchev–Trinajstić information content (AvgIpc) is 2.09. The van der Waals surface area contributed by atoms with Gasteiger partial charge in [0, 0.05) is 11.4 Å². The van der Waals surface area contributed by atoms with Crippen molar-refractivity contribution in [1.82, 2.24) is 0 Å². The van der Waals surface area contributed by atoms with Gasteiger partial charge in [-0.05, 0) is 24.1 Å². The van der Waals surface area contributed by atoms with Crippen LogP contribution in [0.5, 0.6) is 0 Å². The molecule has 15 heavy (non-hydrogen) atoms. The van der Waals surface area contributed by atoms with Gasteiger partial charge in [-0.3, -0.25) is 0 Å². The van der Waals surface area contributed by atoms with Gasteiger partial charge in [-0.25, -0.2) is 0 Å². The highest BCUT2D eigenvalue weighted by Gasteiger charge is 2.38. The van der Waals surface area contributed by atoms with E-state index in [1.54, 1.807) is 19.1 Å². The Bertz CT molecular complexity index is 329. The van der Waals surface area contributed by atoms with Crippen LogP contribution < -0.4 is 0 Å². The summed E-state index contributed by atoms with van der Waals surface area (Å²) in [5, 5.41) is 9.15. The topological polar surface area (TPSA) is 20.2 Å². The molecule has 1 aromatic rings. The van der Waals surface area contributed by atoms with Crippen molar-refractivity contribution in [1.29, 1.82) is 0 Å². The van der Waals surface area contributed by atoms with Crippen molar-refractivity contribution < 1.29 is 18.3 Å². The number of hydrogen-bond donors (Lipinski definition) is 1. The van der Waals surface area contributed by atoms with E-state index in [0.717, 1.165) is 0 Å². The van der Waals surface area contributed by atoms with Crippen LogP contribution in [-0.2, 0) is 6.42 Å². The van der Waals surface area contributed by atoms with Gasteiger partial charge in [0.15, 0.2) is 6.10 Å². The lowest BCUT2D eigenvalue weighted by Gasteiger charge is -2.16. The van der Waals surface area contributed by atoms with E-state index in [2.05, 4.69) is 0 Å². The van der Waals surface area contributed by atoms with Crippen LogP contribution in [0.4, 0.5) is 13.2 Å². The van der Waals surface area contributed by atoms with Crippen LogP contribution in [0.2, 0.25) is 5.02 Å². The summed E-state index contributed by atoms with van der Waals surface area (Å²) in [5.41, 5.74) is 0.981. The second-order valence-corrected chi connectivity index (χ2v) is 3.70. The standard InChI is InChI=1S/C10H10ClF3O/c1-6-3-2-4-8(11)7(6)5-9(15)10(12,13)14/h2-4,9,15H,5H2,1H3. The molecule has 1 N–H and O–H groups in total. The molecule has 0 aliphatic carbocycles. The van der Waals surface area contributed by atoms with Gasteiger partial charge in [-0.2, -0.15) is 13.2 Å². The van der Waals surface area contributed by atoms with E-state index < -0.39 is 18.7 Å². The second kappa shape index (κ2) is 4.41. The highest BCUT2D eigenvalue weighted by molar-refractivity contribution is 6.31. The third-order valence-electron chi connectivity index (χ3n) is 2.13. The largest absolute Gasteiger partial charge is 0.414 e. The lowest BCUT2D eigenvalue weighted by molar-refractivity contribution is -0.203. The van der Waals surface area contributed by atoms with E-state index >= 15 is 0 Å². The zero-order valence-corrected chi connectivity index (χ0v) is 8.73. The van der Waals surface area contributed by atoms with E-state index in [1.165, 1.54) is 6.07 Å². The van der Waals surface area contributed by atoms with E-state index in [1.807, 2.05) is 0 Å². The highest BCUT2D eigenvalue weighted by Crippen LogP contribution is 2.27. The van der Waals surface area contributed by atoms with E-state index in [-0.39, 0.29) is 5.02 Å². The summed E-state index contributed by atoms with van der Waals surface area (Å²) in [6.45, 7) is 1.66. The first-order valence-electron chi connectivity index (χ1n) is 4.31. The summed E-state index contributed by atoms with van der Waals surface area (Å²) < 4.78 is 36.3. The summed E-state index contributed by atoms with van der Waals surface area (Å²) in [5.74, 6) is 0. The van der Waals surface area contributed by atoms with Gasteiger partial charge in [-0.15, -0.1) is 0 Å². The predicted molar refractivity (Wildman–Crippen MR) is 52.0 cm³/mol. The molecule has 0 fully saturated rings. The minimum atomic E-state index is -4.61. The molecule has 0 aromatic heterocycles. The third-order valence-corrected chi connectivity index (χ3v) is 2.48. The van der Waals surface area contributed by atoms with Crippen molar-refractivity contribution in [2.24, 2.45) is 0 Å². The number of alkyl halides is 3. The normalized spacial score (nSPS) is 14.0. The Morgan fingerprint density at radius 1 is 1.40 bits per heavy atom. The van der Waals surface area contributed by atoms with Crippen LogP contribution in [0.25, 0.3) is 0 Å². The number of aliphatic hydroxyl groups is 1. The number of aryl methyl sites for hydroxylation is 1. The molecular formula is C10H10ClF3O. The molecule has 0 spiro atoms. The molecule has 0 radical (unpaired) electrons. The van der Waals surface area contributed by atoms with Gasteiger partial charge in [0.25, 0.3) is 0 Å². The van der Waals surface area contributed by atoms with E-state index in [4.69, 9.17) is 16.7 Å². The summed E-state index contributed by atoms with van der Waals surface area (Å²) >= 11 is 5.75. The van der Waals surface area contributed by atoms with E-state index in [9.17, 15) is 13.2 Å². The molecule has 1 nitrogen and oxygen atoms in total. The van der Waals surface area contributed by atoms with Crippen molar-refractivity contribution in [3.05, 3.63) is 34.3 Å². The fourth-order valence-corrected chi connectivity index (χ4v) is 1.53. The SMILES string of the molecule is Cc1cccc(Cl)c1CC(O)C(F)(F)F. The van der Waals surface area contributed by atoms with Gasteiger partial charge >= 0.3 is 6.18 Å². The maximum Gasteiger partial charge on any atom is 0.414 e. The summed E-state index contributed by atoms with van der Waals surface area (Å²) in [6.07, 6.45) is -7.48. The summed E-state index contributed by atoms with van der Waals surface area (Å²) in [4.78, 5) is 0. The first-order chi connectivity index (χ1) is 6.82. The van der Waals surface area contributed by atoms with Crippen molar-refractivity contribution in [2.75, 3.05) is 0 Å². The fraction of sp³-hybridized carbons (Fsp3) is 0.400.